The molecular weight excluding hydrogens is 253 g/mol. The summed E-state index contributed by atoms with van der Waals surface area (Å²) in [6, 6.07) is 0.582. The number of nitrogens with one attached hydrogen (secondary N) is 1. The molecule has 0 aliphatic carbocycles. The molecule has 1 unspecified atom stereocenters. The van der Waals surface area contributed by atoms with E-state index < -0.39 is 0 Å². The average Bonchev–Trinajstić information content (AvgIpc) is 2.38. The minimum Gasteiger partial charge on any atom is -0.680 e. The molecule has 0 aromatic rings. The summed E-state index contributed by atoms with van der Waals surface area (Å²) < 4.78 is 4.06. The molecule has 14 heavy (non-hydrogen) atoms. The monoisotopic (exact) mass is 281 g/mol. The fourth-order valence-corrected chi connectivity index (χ4v) is 0.483. The van der Waals surface area contributed by atoms with Crippen LogP contribution in [0.1, 0.15) is 41.0 Å². The molecule has 0 aromatic carbocycles. The van der Waals surface area contributed by atoms with Crippen molar-refractivity contribution in [2.75, 3.05) is 7.05 Å². The van der Waals surface area contributed by atoms with E-state index >= 15 is 0 Å². The van der Waals surface area contributed by atoms with Crippen molar-refractivity contribution in [3.8, 4) is 0 Å². The van der Waals surface area contributed by atoms with Crippen LogP contribution in [0.3, 0.4) is 0 Å². The normalized spacial score (nSPS) is 7.50. The Morgan fingerprint density at radius 2 is 1.29 bits per heavy atom. The first kappa shape index (κ1) is 29.3. The molecule has 1 atom stereocenters. The van der Waals surface area contributed by atoms with E-state index in [-0.39, 0.29) is 0 Å². The topological polar surface area (TPSA) is 36.2 Å². The second kappa shape index (κ2) is 69.7. The Balaban J connectivity index is -0.0000000287. The number of hydrogen-bond donors (Lipinski definition) is 0. The Morgan fingerprint density at radius 1 is 1.07 bits per heavy atom. The molecule has 1 N–H and O–H groups in total. The summed E-state index contributed by atoms with van der Waals surface area (Å²) in [7, 11) is 1.25. The van der Waals surface area contributed by atoms with Gasteiger partial charge in [0.15, 0.2) is 0 Å². The van der Waals surface area contributed by atoms with Crippen LogP contribution in [0.2, 0.25) is 0 Å². The van der Waals surface area contributed by atoms with Gasteiger partial charge in [-0.25, -0.2) is 0 Å². The van der Waals surface area contributed by atoms with Crippen LogP contribution in [0.5, 0.6) is 0 Å². The van der Waals surface area contributed by atoms with Crippen molar-refractivity contribution in [2.24, 2.45) is 3.34 Å². The van der Waals surface area contributed by atoms with E-state index in [1.54, 1.807) is 41.7 Å². The summed E-state index contributed by atoms with van der Waals surface area (Å²) in [5.41, 5.74) is 5.75. The summed E-state index contributed by atoms with van der Waals surface area (Å²) in [5, 5.41) is 0. The van der Waals surface area contributed by atoms with Gasteiger partial charge in [-0.3, -0.25) is 0 Å². The molecule has 0 aliphatic rings. The van der Waals surface area contributed by atoms with E-state index in [2.05, 4.69) is 38.0 Å². The van der Waals surface area contributed by atoms with Gasteiger partial charge in [-0.05, 0) is 0 Å². The quantitative estimate of drug-likeness (QED) is 0.519. The minimum atomic E-state index is 0.582. The molecule has 0 bridgehead atoms. The summed E-state index contributed by atoms with van der Waals surface area (Å²) in [6.45, 7) is 19.3. The van der Waals surface area contributed by atoms with Gasteiger partial charge in [0.05, 0.1) is 0 Å². The van der Waals surface area contributed by atoms with E-state index in [0.717, 1.165) is 0 Å². The van der Waals surface area contributed by atoms with Crippen LogP contribution >= 0.6 is 0 Å². The van der Waals surface area contributed by atoms with Crippen molar-refractivity contribution in [1.82, 2.24) is 0 Å². The van der Waals surface area contributed by atoms with E-state index in [1.165, 1.54) is 13.5 Å². The molecule has 91 valence electrons. The predicted molar refractivity (Wildman–Crippen MR) is 65.5 cm³/mol. The van der Waals surface area contributed by atoms with Gasteiger partial charge in [0.2, 0.25) is 0 Å². The zero-order valence-electron chi connectivity index (χ0n) is 10.8. The Bertz CT molecular complexity index is 50.6. The largest absolute Gasteiger partial charge is 0.680 e. The predicted octanol–water partition coefficient (Wildman–Crippen LogP) is 4.70. The summed E-state index contributed by atoms with van der Waals surface area (Å²) in [4.78, 5) is 0. The van der Waals surface area contributed by atoms with Gasteiger partial charge in [0, 0.05) is 0 Å². The second-order valence-electron chi connectivity index (χ2n) is 1.37. The number of rotatable bonds is 2. The standard InChI is InChI=1S/C4H9N.3C2H5.CH4N.Nb/c1-3-4(2)5;4*1-2;/h4H,3H2,1-2H3;3*1H2,2H3;2H,1H3;/q;4*-1;. The molecule has 0 fully saturated rings. The fourth-order valence-electron chi connectivity index (χ4n) is 0.0816. The molecule has 3 heteroatoms. The maximum absolute atomic E-state index is 5.75. The van der Waals surface area contributed by atoms with Crippen molar-refractivity contribution >= 4 is 0 Å². The van der Waals surface area contributed by atoms with Crippen LogP contribution in [-0.2, 0) is 20.9 Å². The van der Waals surface area contributed by atoms with Crippen molar-refractivity contribution in [2.45, 2.75) is 47.1 Å². The van der Waals surface area contributed by atoms with E-state index in [1.807, 2.05) is 0 Å². The van der Waals surface area contributed by atoms with Gasteiger partial charge in [0.25, 0.3) is 0 Å². The van der Waals surface area contributed by atoms with Crippen LogP contribution in [0, 0.1) is 20.8 Å². The molecule has 0 saturated carbocycles. The van der Waals surface area contributed by atoms with Crippen LogP contribution in [0.15, 0.2) is 3.34 Å². The van der Waals surface area contributed by atoms with Crippen molar-refractivity contribution in [3.05, 3.63) is 26.5 Å². The smallest absolute Gasteiger partial charge is 0.164 e. The van der Waals surface area contributed by atoms with Gasteiger partial charge in [-0.2, -0.15) is 27.8 Å². The van der Waals surface area contributed by atoms with Gasteiger partial charge in [-0.15, -0.1) is 0 Å². The van der Waals surface area contributed by atoms with Crippen LogP contribution in [-0.4, -0.2) is 13.1 Å². The van der Waals surface area contributed by atoms with E-state index in [4.69, 9.17) is 5.73 Å². The molecule has 0 heterocycles. The van der Waals surface area contributed by atoms with E-state index in [0.29, 0.717) is 6.04 Å². The Morgan fingerprint density at radius 3 is 1.29 bits per heavy atom. The van der Waals surface area contributed by atoms with Crippen molar-refractivity contribution < 1.29 is 20.9 Å². The van der Waals surface area contributed by atoms with E-state index in [9.17, 15) is 0 Å². The average molecular weight is 281 g/mol. The maximum Gasteiger partial charge on any atom is -0.164 e. The molecule has 0 radical (unpaired) electrons. The summed E-state index contributed by atoms with van der Waals surface area (Å²) in [5.74, 6) is 0. The first-order valence-electron chi connectivity index (χ1n) is 4.77. The summed E-state index contributed by atoms with van der Waals surface area (Å²) in [6.07, 6.45) is 1.18. The summed E-state index contributed by atoms with van der Waals surface area (Å²) >= 11 is 1.55. The maximum atomic E-state index is 5.75. The Kier molecular flexibility index (Phi) is 146. The molecule has 0 spiro atoms. The second-order valence-corrected chi connectivity index (χ2v) is 1.94. The van der Waals surface area contributed by atoms with Gasteiger partial charge in [0.1, 0.15) is 0 Å². The van der Waals surface area contributed by atoms with Gasteiger partial charge >= 0.3 is 50.5 Å². The minimum absolute atomic E-state index is 0.582. The number of hydrogen-bond acceptors (Lipinski definition) is 1. The van der Waals surface area contributed by atoms with Gasteiger partial charge < -0.3 is 26.5 Å². The SMILES string of the molecule is CCC(C)[N]=[Nb].C[NH-].[CH2-]C.[CH2-]C.[CH2-]C. The van der Waals surface area contributed by atoms with Crippen LogP contribution in [0.25, 0.3) is 5.73 Å². The Labute approximate surface area is 105 Å². The zero-order valence-corrected chi connectivity index (χ0v) is 13.0. The molecule has 0 aromatic heterocycles. The van der Waals surface area contributed by atoms with Gasteiger partial charge in [-0.1, -0.05) is 0 Å². The third-order valence-electron chi connectivity index (χ3n) is 0.788. The van der Waals surface area contributed by atoms with Crippen LogP contribution < -0.4 is 0 Å². The third kappa shape index (κ3) is 81.6. The van der Waals surface area contributed by atoms with Crippen LogP contribution in [0.4, 0.5) is 0 Å². The molecule has 0 aliphatic heterocycles. The molecular formula is C11H28N2Nb-4. The molecule has 0 saturated heterocycles. The Hall–Kier alpha value is 0.500. The first-order valence-corrected chi connectivity index (χ1v) is 5.76. The molecule has 0 amide bonds. The van der Waals surface area contributed by atoms with Crippen molar-refractivity contribution in [3.63, 3.8) is 0 Å². The molecule has 0 rings (SSSR count). The molecule has 2 nitrogen and oxygen atoms in total. The number of nitrogens with zero attached hydrogens (tertiary/aromatic N) is 1. The fraction of sp³-hybridized carbons (Fsp3) is 0.727. The third-order valence-corrected chi connectivity index (χ3v) is 1.76. The first-order chi connectivity index (χ1) is 6.81. The zero-order chi connectivity index (χ0) is 13.0. The van der Waals surface area contributed by atoms with Crippen molar-refractivity contribution in [1.29, 1.82) is 0 Å².